The van der Waals surface area contributed by atoms with Crippen LogP contribution in [-0.2, 0) is 12.8 Å². The van der Waals surface area contributed by atoms with Crippen molar-refractivity contribution in [3.05, 3.63) is 50.6 Å². The molecule has 0 fully saturated rings. The molecular formula is C15H11BrClN3. The van der Waals surface area contributed by atoms with Crippen LogP contribution in [0.1, 0.15) is 23.2 Å². The zero-order valence-corrected chi connectivity index (χ0v) is 12.9. The number of aryl methyl sites for hydroxylation is 2. The van der Waals surface area contributed by atoms with E-state index >= 15 is 0 Å². The Hall–Kier alpha value is -1.57. The van der Waals surface area contributed by atoms with Crippen molar-refractivity contribution in [2.75, 3.05) is 5.32 Å². The normalized spacial score (nSPS) is 12.8. The lowest BCUT2D eigenvalue weighted by Gasteiger charge is -2.11. The highest BCUT2D eigenvalue weighted by Gasteiger charge is 2.17. The summed E-state index contributed by atoms with van der Waals surface area (Å²) in [5.41, 5.74) is 3.65. The largest absolute Gasteiger partial charge is 0.338 e. The van der Waals surface area contributed by atoms with Gasteiger partial charge in [0.2, 0.25) is 0 Å². The minimum Gasteiger partial charge on any atom is -0.338 e. The van der Waals surface area contributed by atoms with Crippen molar-refractivity contribution >= 4 is 39.0 Å². The monoisotopic (exact) mass is 347 g/mol. The molecule has 1 aliphatic carbocycles. The molecule has 3 rings (SSSR count). The third-order valence-electron chi connectivity index (χ3n) is 3.38. The summed E-state index contributed by atoms with van der Waals surface area (Å²) in [7, 11) is 0. The minimum atomic E-state index is 0.567. The first-order valence-corrected chi connectivity index (χ1v) is 7.50. The zero-order chi connectivity index (χ0) is 14.1. The molecule has 100 valence electrons. The molecule has 1 aliphatic rings. The fourth-order valence-electron chi connectivity index (χ4n) is 2.38. The SMILES string of the molecule is N#Cc1cc2c(nc1Nc1cccc(Cl)c1Br)CCC2. The number of anilines is 2. The first-order valence-electron chi connectivity index (χ1n) is 6.33. The van der Waals surface area contributed by atoms with Gasteiger partial charge in [-0.15, -0.1) is 0 Å². The molecule has 20 heavy (non-hydrogen) atoms. The Bertz CT molecular complexity index is 722. The van der Waals surface area contributed by atoms with E-state index in [4.69, 9.17) is 11.6 Å². The van der Waals surface area contributed by atoms with E-state index in [1.165, 1.54) is 5.56 Å². The third-order valence-corrected chi connectivity index (χ3v) is 4.77. The van der Waals surface area contributed by atoms with Crippen molar-refractivity contribution in [3.8, 4) is 6.07 Å². The summed E-state index contributed by atoms with van der Waals surface area (Å²) in [4.78, 5) is 4.59. The summed E-state index contributed by atoms with van der Waals surface area (Å²) in [6.07, 6.45) is 3.10. The molecule has 1 N–H and O–H groups in total. The zero-order valence-electron chi connectivity index (χ0n) is 10.6. The molecule has 3 nitrogen and oxygen atoms in total. The topological polar surface area (TPSA) is 48.7 Å². The molecule has 1 aromatic carbocycles. The highest BCUT2D eigenvalue weighted by molar-refractivity contribution is 9.10. The van der Waals surface area contributed by atoms with Crippen LogP contribution in [0.15, 0.2) is 28.7 Å². The lowest BCUT2D eigenvalue weighted by molar-refractivity contribution is 0.900. The summed E-state index contributed by atoms with van der Waals surface area (Å²) < 4.78 is 0.771. The summed E-state index contributed by atoms with van der Waals surface area (Å²) in [5, 5.41) is 13.1. The molecule has 0 saturated carbocycles. The molecule has 2 aromatic rings. The predicted octanol–water partition coefficient (Wildman–Crippen LogP) is 4.60. The quantitative estimate of drug-likeness (QED) is 0.862. The van der Waals surface area contributed by atoms with Crippen LogP contribution in [0.25, 0.3) is 0 Å². The molecule has 1 aromatic heterocycles. The standard InChI is InChI=1S/C15H11BrClN3/c16-14-11(17)4-2-6-13(14)20-15-10(8-18)7-9-3-1-5-12(9)19-15/h2,4,6-7H,1,3,5H2,(H,19,20). The number of nitrogens with one attached hydrogen (secondary N) is 1. The fourth-order valence-corrected chi connectivity index (χ4v) is 2.92. The van der Waals surface area contributed by atoms with E-state index in [9.17, 15) is 5.26 Å². The first-order chi connectivity index (χ1) is 9.69. The fraction of sp³-hybridized carbons (Fsp3) is 0.200. The number of hydrogen-bond acceptors (Lipinski definition) is 3. The van der Waals surface area contributed by atoms with Gasteiger partial charge < -0.3 is 5.32 Å². The van der Waals surface area contributed by atoms with E-state index in [1.807, 2.05) is 18.2 Å². The Labute approximate surface area is 130 Å². The van der Waals surface area contributed by atoms with Gasteiger partial charge in [0.05, 0.1) is 20.7 Å². The molecular weight excluding hydrogens is 338 g/mol. The van der Waals surface area contributed by atoms with Gasteiger partial charge in [-0.25, -0.2) is 4.98 Å². The maximum Gasteiger partial charge on any atom is 0.148 e. The average molecular weight is 349 g/mol. The second kappa shape index (κ2) is 5.43. The van der Waals surface area contributed by atoms with Crippen molar-refractivity contribution in [1.82, 2.24) is 4.98 Å². The molecule has 0 saturated heterocycles. The Morgan fingerprint density at radius 3 is 3.00 bits per heavy atom. The first kappa shape index (κ1) is 13.4. The van der Waals surface area contributed by atoms with Crippen LogP contribution in [-0.4, -0.2) is 4.98 Å². The lowest BCUT2D eigenvalue weighted by Crippen LogP contribution is -2.01. The molecule has 1 heterocycles. The minimum absolute atomic E-state index is 0.567. The van der Waals surface area contributed by atoms with Crippen LogP contribution in [0.4, 0.5) is 11.5 Å². The third kappa shape index (κ3) is 2.39. The van der Waals surface area contributed by atoms with E-state index in [0.29, 0.717) is 16.4 Å². The molecule has 0 unspecified atom stereocenters. The van der Waals surface area contributed by atoms with Gasteiger partial charge in [0, 0.05) is 5.69 Å². The molecule has 0 atom stereocenters. The van der Waals surface area contributed by atoms with Crippen LogP contribution in [0.3, 0.4) is 0 Å². The van der Waals surface area contributed by atoms with Crippen molar-refractivity contribution in [1.29, 1.82) is 5.26 Å². The van der Waals surface area contributed by atoms with Crippen LogP contribution in [0.2, 0.25) is 5.02 Å². The number of pyridine rings is 1. The van der Waals surface area contributed by atoms with Crippen molar-refractivity contribution < 1.29 is 0 Å². The van der Waals surface area contributed by atoms with Gasteiger partial charge in [-0.2, -0.15) is 5.26 Å². The van der Waals surface area contributed by atoms with Crippen LogP contribution >= 0.6 is 27.5 Å². The van der Waals surface area contributed by atoms with E-state index < -0.39 is 0 Å². The maximum atomic E-state index is 9.28. The number of fused-ring (bicyclic) bond motifs is 1. The van der Waals surface area contributed by atoms with Gasteiger partial charge >= 0.3 is 0 Å². The number of rotatable bonds is 2. The summed E-state index contributed by atoms with van der Waals surface area (Å²) in [5.74, 6) is 0.594. The number of hydrogen-bond donors (Lipinski definition) is 1. The van der Waals surface area contributed by atoms with Crippen LogP contribution in [0.5, 0.6) is 0 Å². The molecule has 0 spiro atoms. The molecule has 0 aliphatic heterocycles. The Balaban J connectivity index is 2.03. The smallest absolute Gasteiger partial charge is 0.148 e. The predicted molar refractivity (Wildman–Crippen MR) is 83.4 cm³/mol. The molecule has 5 heteroatoms. The van der Waals surface area contributed by atoms with Crippen LogP contribution in [0, 0.1) is 11.3 Å². The van der Waals surface area contributed by atoms with Gasteiger partial charge in [0.15, 0.2) is 0 Å². The average Bonchev–Trinajstić information content (AvgIpc) is 2.90. The lowest BCUT2D eigenvalue weighted by atomic mass is 10.1. The van der Waals surface area contributed by atoms with Gasteiger partial charge in [-0.3, -0.25) is 0 Å². The number of halogens is 2. The summed E-state index contributed by atoms with van der Waals surface area (Å²) in [6, 6.07) is 9.70. The van der Waals surface area contributed by atoms with E-state index in [1.54, 1.807) is 6.07 Å². The maximum absolute atomic E-state index is 9.28. The summed E-state index contributed by atoms with van der Waals surface area (Å²) in [6.45, 7) is 0. The highest BCUT2D eigenvalue weighted by atomic mass is 79.9. The second-order valence-electron chi connectivity index (χ2n) is 4.68. The van der Waals surface area contributed by atoms with Crippen molar-refractivity contribution in [2.24, 2.45) is 0 Å². The van der Waals surface area contributed by atoms with E-state index in [-0.39, 0.29) is 0 Å². The van der Waals surface area contributed by atoms with Crippen molar-refractivity contribution in [2.45, 2.75) is 19.3 Å². The number of aromatic nitrogens is 1. The Morgan fingerprint density at radius 2 is 2.20 bits per heavy atom. The molecule has 0 radical (unpaired) electrons. The Kier molecular flexibility index (Phi) is 3.64. The number of benzene rings is 1. The highest BCUT2D eigenvalue weighted by Crippen LogP contribution is 2.33. The van der Waals surface area contributed by atoms with Crippen LogP contribution < -0.4 is 5.32 Å². The molecule has 0 bridgehead atoms. The van der Waals surface area contributed by atoms with E-state index in [0.717, 1.165) is 35.1 Å². The molecule has 0 amide bonds. The summed E-state index contributed by atoms with van der Waals surface area (Å²) >= 11 is 9.52. The Morgan fingerprint density at radius 1 is 1.35 bits per heavy atom. The second-order valence-corrected chi connectivity index (χ2v) is 5.88. The van der Waals surface area contributed by atoms with Gasteiger partial charge in [-0.05, 0) is 59.0 Å². The number of nitrogens with zero attached hydrogens (tertiary/aromatic N) is 2. The van der Waals surface area contributed by atoms with Crippen molar-refractivity contribution in [3.63, 3.8) is 0 Å². The van der Waals surface area contributed by atoms with Gasteiger partial charge in [0.25, 0.3) is 0 Å². The van der Waals surface area contributed by atoms with Gasteiger partial charge in [-0.1, -0.05) is 17.7 Å². The van der Waals surface area contributed by atoms with Gasteiger partial charge in [0.1, 0.15) is 11.9 Å². The van der Waals surface area contributed by atoms with E-state index in [2.05, 4.69) is 32.3 Å². The number of nitriles is 1.